The Morgan fingerprint density at radius 1 is 0.692 bits per heavy atom. The Morgan fingerprint density at radius 2 is 1.31 bits per heavy atom. The third-order valence-corrected chi connectivity index (χ3v) is 5.51. The number of unbranched alkanes of at least 4 members (excludes halogenated alkanes) is 9. The number of hydrogen-bond donors (Lipinski definition) is 0. The minimum atomic E-state index is 0.509. The van der Waals surface area contributed by atoms with Crippen LogP contribution < -0.4 is 4.90 Å². The normalized spacial score (nSPS) is 16.6. The Hall–Kier alpha value is -1.44. The Balaban J connectivity index is 1.84. The van der Waals surface area contributed by atoms with E-state index in [0.29, 0.717) is 6.17 Å². The summed E-state index contributed by atoms with van der Waals surface area (Å²) in [5, 5.41) is 0. The maximum Gasteiger partial charge on any atom is 0.105 e. The third-order valence-electron chi connectivity index (χ3n) is 5.51. The Bertz CT molecular complexity index is 482. The Kier molecular flexibility index (Phi) is 10.3. The number of para-hydroxylation sites is 1. The van der Waals surface area contributed by atoms with Crippen molar-refractivity contribution < 1.29 is 0 Å². The quantitative estimate of drug-likeness (QED) is 0.322. The Labute approximate surface area is 162 Å². The van der Waals surface area contributed by atoms with Gasteiger partial charge in [0, 0.05) is 24.6 Å². The van der Waals surface area contributed by atoms with Crippen LogP contribution in [-0.4, -0.2) is 17.6 Å². The first-order valence-corrected chi connectivity index (χ1v) is 11.1. The molecule has 1 aromatic carbocycles. The lowest BCUT2D eigenvalue weighted by molar-refractivity contribution is 0.273. The highest BCUT2D eigenvalue weighted by Gasteiger charge is 2.26. The number of rotatable bonds is 14. The molecular weight excluding hydrogens is 316 g/mol. The first-order valence-electron chi connectivity index (χ1n) is 11.1. The van der Waals surface area contributed by atoms with Crippen LogP contribution in [0.25, 0.3) is 0 Å². The second-order valence-electron chi connectivity index (χ2n) is 7.73. The minimum absolute atomic E-state index is 0.509. The average Bonchev–Trinajstić information content (AvgIpc) is 3.08. The smallest absolute Gasteiger partial charge is 0.105 e. The van der Waals surface area contributed by atoms with Crippen molar-refractivity contribution in [3.63, 3.8) is 0 Å². The summed E-state index contributed by atoms with van der Waals surface area (Å²) in [5.74, 6) is 0. The Morgan fingerprint density at radius 3 is 2.00 bits per heavy atom. The molecule has 1 atom stereocenters. The first-order chi connectivity index (χ1) is 12.9. The number of nitrogens with zero attached hydrogens (tertiary/aromatic N) is 2. The fraction of sp³-hybridized carbons (Fsp3) is 0.667. The molecule has 0 saturated heterocycles. The van der Waals surface area contributed by atoms with Crippen LogP contribution in [0, 0.1) is 0 Å². The van der Waals surface area contributed by atoms with Crippen LogP contribution in [-0.2, 0) is 0 Å². The van der Waals surface area contributed by atoms with Crippen molar-refractivity contribution in [2.45, 2.75) is 97.1 Å². The minimum Gasteiger partial charge on any atom is -0.356 e. The summed E-state index contributed by atoms with van der Waals surface area (Å²) in [6.45, 7) is 5.78. The molecule has 2 heteroatoms. The number of hydrogen-bond acceptors (Lipinski definition) is 2. The third kappa shape index (κ3) is 7.05. The molecule has 146 valence electrons. The van der Waals surface area contributed by atoms with Gasteiger partial charge in [0.2, 0.25) is 0 Å². The van der Waals surface area contributed by atoms with Crippen LogP contribution in [0.2, 0.25) is 0 Å². The fourth-order valence-corrected chi connectivity index (χ4v) is 3.91. The van der Waals surface area contributed by atoms with Crippen molar-refractivity contribution in [2.24, 2.45) is 0 Å². The predicted octanol–water partition coefficient (Wildman–Crippen LogP) is 7.33. The van der Waals surface area contributed by atoms with Gasteiger partial charge in [-0.05, 0) is 31.4 Å². The van der Waals surface area contributed by atoms with Gasteiger partial charge in [0.1, 0.15) is 6.17 Å². The van der Waals surface area contributed by atoms with Gasteiger partial charge in [0.15, 0.2) is 0 Å². The highest BCUT2D eigenvalue weighted by molar-refractivity contribution is 5.51. The van der Waals surface area contributed by atoms with Crippen molar-refractivity contribution >= 4 is 5.69 Å². The second kappa shape index (κ2) is 12.8. The largest absolute Gasteiger partial charge is 0.356 e. The summed E-state index contributed by atoms with van der Waals surface area (Å²) >= 11 is 0. The van der Waals surface area contributed by atoms with Crippen LogP contribution in [0.4, 0.5) is 5.69 Å². The zero-order valence-electron chi connectivity index (χ0n) is 17.2. The molecule has 0 fully saturated rings. The topological polar surface area (TPSA) is 6.48 Å². The molecule has 0 aromatic heterocycles. The van der Waals surface area contributed by atoms with Crippen LogP contribution >= 0.6 is 0 Å². The highest BCUT2D eigenvalue weighted by Crippen LogP contribution is 2.28. The first kappa shape index (κ1) is 20.9. The van der Waals surface area contributed by atoms with Crippen LogP contribution in [0.15, 0.2) is 42.7 Å². The molecule has 1 aromatic rings. The number of benzene rings is 1. The molecule has 1 unspecified atom stereocenters. The average molecular weight is 357 g/mol. The molecule has 0 aliphatic carbocycles. The van der Waals surface area contributed by atoms with E-state index in [0.717, 1.165) is 0 Å². The van der Waals surface area contributed by atoms with E-state index in [1.807, 2.05) is 0 Å². The van der Waals surface area contributed by atoms with E-state index in [1.165, 1.54) is 89.3 Å². The molecule has 2 nitrogen and oxygen atoms in total. The molecule has 0 spiro atoms. The summed E-state index contributed by atoms with van der Waals surface area (Å²) in [6.07, 6.45) is 21.4. The molecule has 1 aliphatic rings. The summed E-state index contributed by atoms with van der Waals surface area (Å²) in [6, 6.07) is 10.9. The molecule has 0 bridgehead atoms. The molecule has 0 N–H and O–H groups in total. The number of anilines is 1. The van der Waals surface area contributed by atoms with E-state index in [-0.39, 0.29) is 0 Å². The molecule has 26 heavy (non-hydrogen) atoms. The van der Waals surface area contributed by atoms with E-state index in [4.69, 9.17) is 0 Å². The lowest BCUT2D eigenvalue weighted by Crippen LogP contribution is -2.39. The van der Waals surface area contributed by atoms with Gasteiger partial charge in [-0.2, -0.15) is 0 Å². The SMILES string of the molecule is CCCCCCCCC1N(CCCCCCC)C=CN1c1ccccc1. The summed E-state index contributed by atoms with van der Waals surface area (Å²) in [7, 11) is 0. The zero-order chi connectivity index (χ0) is 18.5. The van der Waals surface area contributed by atoms with E-state index in [1.54, 1.807) is 0 Å². The van der Waals surface area contributed by atoms with Crippen molar-refractivity contribution in [3.8, 4) is 0 Å². The maximum atomic E-state index is 2.59. The predicted molar refractivity (Wildman–Crippen MR) is 115 cm³/mol. The van der Waals surface area contributed by atoms with Crippen LogP contribution in [0.3, 0.4) is 0 Å². The summed E-state index contributed by atoms with van der Waals surface area (Å²) in [5.41, 5.74) is 1.33. The standard InChI is InChI=1S/C24H40N2/c1-3-5-7-9-10-15-19-24-25(20-16-11-8-6-4-2)21-22-26(24)23-17-13-12-14-18-23/h12-14,17-18,21-22,24H,3-11,15-16,19-20H2,1-2H3. The van der Waals surface area contributed by atoms with E-state index >= 15 is 0 Å². The van der Waals surface area contributed by atoms with Crippen molar-refractivity contribution in [1.29, 1.82) is 0 Å². The van der Waals surface area contributed by atoms with Gasteiger partial charge in [0.25, 0.3) is 0 Å². The molecule has 0 radical (unpaired) electrons. The second-order valence-corrected chi connectivity index (χ2v) is 7.73. The van der Waals surface area contributed by atoms with Gasteiger partial charge in [0.05, 0.1) is 0 Å². The summed E-state index contributed by atoms with van der Waals surface area (Å²) < 4.78 is 0. The molecule has 1 aliphatic heterocycles. The van der Waals surface area contributed by atoms with Crippen molar-refractivity contribution in [3.05, 3.63) is 42.7 Å². The lowest BCUT2D eigenvalue weighted by Gasteiger charge is -2.33. The summed E-state index contributed by atoms with van der Waals surface area (Å²) in [4.78, 5) is 5.07. The molecule has 0 amide bonds. The maximum absolute atomic E-state index is 2.59. The molecule has 0 saturated carbocycles. The monoisotopic (exact) mass is 356 g/mol. The van der Waals surface area contributed by atoms with Crippen LogP contribution in [0.5, 0.6) is 0 Å². The van der Waals surface area contributed by atoms with Gasteiger partial charge in [-0.25, -0.2) is 0 Å². The lowest BCUT2D eigenvalue weighted by atomic mass is 10.1. The molecule has 1 heterocycles. The van der Waals surface area contributed by atoms with Gasteiger partial charge in [-0.1, -0.05) is 89.8 Å². The van der Waals surface area contributed by atoms with E-state index in [9.17, 15) is 0 Å². The van der Waals surface area contributed by atoms with E-state index in [2.05, 4.69) is 66.4 Å². The fourth-order valence-electron chi connectivity index (χ4n) is 3.91. The van der Waals surface area contributed by atoms with Gasteiger partial charge >= 0.3 is 0 Å². The van der Waals surface area contributed by atoms with Crippen molar-refractivity contribution in [1.82, 2.24) is 4.90 Å². The zero-order valence-corrected chi connectivity index (χ0v) is 17.2. The molecule has 2 rings (SSSR count). The van der Waals surface area contributed by atoms with Gasteiger partial charge in [-0.15, -0.1) is 0 Å². The van der Waals surface area contributed by atoms with Crippen molar-refractivity contribution in [2.75, 3.05) is 11.4 Å². The van der Waals surface area contributed by atoms with E-state index < -0.39 is 0 Å². The van der Waals surface area contributed by atoms with Gasteiger partial charge < -0.3 is 9.80 Å². The van der Waals surface area contributed by atoms with Crippen LogP contribution in [0.1, 0.15) is 90.9 Å². The van der Waals surface area contributed by atoms with Gasteiger partial charge in [-0.3, -0.25) is 0 Å². The molecular formula is C24H40N2. The highest BCUT2D eigenvalue weighted by atomic mass is 15.4.